The molecule has 9 nitrogen and oxygen atoms in total. The minimum Gasteiger partial charge on any atom is -0.444 e. The minimum atomic E-state index is -0.750. The molecule has 3 aromatic rings. The second-order valence-corrected chi connectivity index (χ2v) is 6.68. The summed E-state index contributed by atoms with van der Waals surface area (Å²) in [4.78, 5) is 34.0. The van der Waals surface area contributed by atoms with Crippen LogP contribution in [0.15, 0.2) is 65.8 Å². The van der Waals surface area contributed by atoms with Crippen LogP contribution in [-0.4, -0.2) is 40.1 Å². The van der Waals surface area contributed by atoms with Crippen molar-refractivity contribution in [1.82, 2.24) is 14.5 Å². The molecule has 0 aliphatic carbocycles. The third kappa shape index (κ3) is 6.22. The minimum absolute atomic E-state index is 0.0116. The number of nitrogens with one attached hydrogen (secondary N) is 1. The fraction of sp³-hybridized carbons (Fsp3) is 0.304. The first-order chi connectivity index (χ1) is 15.6. The largest absolute Gasteiger partial charge is 0.444 e. The Labute approximate surface area is 186 Å². The molecule has 1 N–H and O–H groups in total. The molecule has 9 heteroatoms. The molecule has 2 heterocycles. The zero-order chi connectivity index (χ0) is 22.8. The van der Waals surface area contributed by atoms with Gasteiger partial charge in [0.2, 0.25) is 0 Å². The summed E-state index contributed by atoms with van der Waals surface area (Å²) in [6.07, 6.45) is 3.14. The zero-order valence-corrected chi connectivity index (χ0v) is 18.1. The Morgan fingerprint density at radius 3 is 2.47 bits per heavy atom. The van der Waals surface area contributed by atoms with Crippen molar-refractivity contribution in [3.05, 3.63) is 77.0 Å². The number of carbonyl (C=O) groups is 1. The molecule has 0 radical (unpaired) electrons. The van der Waals surface area contributed by atoms with E-state index in [9.17, 15) is 9.59 Å². The van der Waals surface area contributed by atoms with Crippen LogP contribution in [0, 0.1) is 0 Å². The molecule has 0 spiro atoms. The number of pyridine rings is 1. The Hall–Kier alpha value is -3.56. The summed E-state index contributed by atoms with van der Waals surface area (Å²) in [6.45, 7) is 4.69. The van der Waals surface area contributed by atoms with E-state index in [0.29, 0.717) is 24.6 Å². The number of rotatable bonds is 10. The lowest BCUT2D eigenvalue weighted by atomic mass is 10.2. The number of nitrogens with zero attached hydrogens (tertiary/aromatic N) is 3. The highest BCUT2D eigenvalue weighted by molar-refractivity contribution is 5.84. The normalized spacial score (nSPS) is 10.8. The summed E-state index contributed by atoms with van der Waals surface area (Å²) in [5.74, 6) is 0.385. The number of carbonyl (C=O) groups excluding carboxylic acids is 1. The molecule has 1 amide bonds. The Kier molecular flexibility index (Phi) is 8.47. The molecule has 0 aliphatic heterocycles. The van der Waals surface area contributed by atoms with Gasteiger partial charge in [0.15, 0.2) is 6.29 Å². The highest BCUT2D eigenvalue weighted by atomic mass is 16.7. The van der Waals surface area contributed by atoms with E-state index in [-0.39, 0.29) is 18.8 Å². The van der Waals surface area contributed by atoms with Crippen LogP contribution < -0.4 is 10.9 Å². The van der Waals surface area contributed by atoms with E-state index in [1.807, 2.05) is 44.2 Å². The van der Waals surface area contributed by atoms with E-state index in [4.69, 9.17) is 14.2 Å². The molecule has 0 saturated carbocycles. The fourth-order valence-corrected chi connectivity index (χ4v) is 3.02. The molecular weight excluding hydrogens is 412 g/mol. The van der Waals surface area contributed by atoms with Crippen molar-refractivity contribution >= 4 is 11.8 Å². The number of benzene rings is 1. The molecule has 0 fully saturated rings. The maximum absolute atomic E-state index is 13.2. The van der Waals surface area contributed by atoms with E-state index < -0.39 is 17.9 Å². The summed E-state index contributed by atoms with van der Waals surface area (Å²) < 4.78 is 17.8. The Balaban J connectivity index is 1.85. The molecule has 0 saturated heterocycles. The van der Waals surface area contributed by atoms with Crippen molar-refractivity contribution in [3.63, 3.8) is 0 Å². The number of anilines is 1. The first-order valence-electron chi connectivity index (χ1n) is 10.3. The molecule has 32 heavy (non-hydrogen) atoms. The van der Waals surface area contributed by atoms with Crippen molar-refractivity contribution in [2.75, 3.05) is 18.5 Å². The topological polar surface area (TPSA) is 105 Å². The first kappa shape index (κ1) is 23.1. The summed E-state index contributed by atoms with van der Waals surface area (Å²) in [5.41, 5.74) is 1.01. The van der Waals surface area contributed by atoms with Crippen LogP contribution in [0.4, 0.5) is 10.5 Å². The maximum Gasteiger partial charge on any atom is 0.412 e. The summed E-state index contributed by atoms with van der Waals surface area (Å²) >= 11 is 0. The predicted molar refractivity (Wildman–Crippen MR) is 119 cm³/mol. The maximum atomic E-state index is 13.2. The number of aromatic nitrogens is 3. The molecule has 2 aromatic heterocycles. The third-order valence-electron chi connectivity index (χ3n) is 4.45. The average Bonchev–Trinajstić information content (AvgIpc) is 2.82. The molecular formula is C23H26N4O5. The van der Waals surface area contributed by atoms with Crippen LogP contribution in [0.1, 0.15) is 19.4 Å². The van der Waals surface area contributed by atoms with Gasteiger partial charge in [-0.25, -0.2) is 9.78 Å². The van der Waals surface area contributed by atoms with Gasteiger partial charge in [-0.05, 0) is 31.5 Å². The lowest BCUT2D eigenvalue weighted by Gasteiger charge is -2.20. The molecule has 1 aromatic carbocycles. The predicted octanol–water partition coefficient (Wildman–Crippen LogP) is 3.45. The van der Waals surface area contributed by atoms with Gasteiger partial charge in [-0.2, -0.15) is 0 Å². The van der Waals surface area contributed by atoms with Crippen LogP contribution in [0.5, 0.6) is 0 Å². The van der Waals surface area contributed by atoms with Gasteiger partial charge in [0.05, 0.1) is 12.7 Å². The molecule has 168 valence electrons. The fourth-order valence-electron chi connectivity index (χ4n) is 3.02. The van der Waals surface area contributed by atoms with E-state index in [0.717, 1.165) is 5.56 Å². The van der Waals surface area contributed by atoms with Crippen LogP contribution >= 0.6 is 0 Å². The van der Waals surface area contributed by atoms with Crippen LogP contribution in [0.2, 0.25) is 0 Å². The highest BCUT2D eigenvalue weighted by Gasteiger charge is 2.19. The van der Waals surface area contributed by atoms with Crippen molar-refractivity contribution in [2.24, 2.45) is 0 Å². The van der Waals surface area contributed by atoms with Crippen LogP contribution in [-0.2, 0) is 27.4 Å². The third-order valence-corrected chi connectivity index (χ3v) is 4.45. The van der Waals surface area contributed by atoms with Crippen LogP contribution in [0.3, 0.4) is 0 Å². The lowest BCUT2D eigenvalue weighted by molar-refractivity contribution is -0.143. The van der Waals surface area contributed by atoms with E-state index >= 15 is 0 Å². The van der Waals surface area contributed by atoms with Gasteiger partial charge >= 0.3 is 6.09 Å². The Bertz CT molecular complexity index is 1050. The monoisotopic (exact) mass is 438 g/mol. The van der Waals surface area contributed by atoms with Crippen molar-refractivity contribution in [1.29, 1.82) is 0 Å². The Morgan fingerprint density at radius 1 is 1.06 bits per heavy atom. The van der Waals surface area contributed by atoms with Crippen molar-refractivity contribution in [2.45, 2.75) is 33.3 Å². The van der Waals surface area contributed by atoms with Gasteiger partial charge in [0, 0.05) is 31.2 Å². The number of hydrogen-bond donors (Lipinski definition) is 1. The quantitative estimate of drug-likeness (QED) is 0.483. The first-order valence-corrected chi connectivity index (χ1v) is 10.3. The van der Waals surface area contributed by atoms with Crippen LogP contribution in [0.25, 0.3) is 11.4 Å². The lowest BCUT2D eigenvalue weighted by Crippen LogP contribution is -2.34. The van der Waals surface area contributed by atoms with Gasteiger partial charge in [-0.15, -0.1) is 0 Å². The van der Waals surface area contributed by atoms with E-state index in [2.05, 4.69) is 15.3 Å². The average molecular weight is 438 g/mol. The molecule has 0 bridgehead atoms. The summed E-state index contributed by atoms with van der Waals surface area (Å²) in [7, 11) is 0. The standard InChI is InChI=1S/C23H26N4O5/c1-3-30-20(31-4-2)15-27-21(18-11-8-12-24-13-18)25-14-19(22(27)28)26-23(29)32-16-17-9-6-5-7-10-17/h5-14,20H,3-4,15-16H2,1-2H3,(H,26,29). The van der Waals surface area contributed by atoms with Gasteiger partial charge in [-0.3, -0.25) is 19.7 Å². The van der Waals surface area contributed by atoms with Crippen molar-refractivity contribution in [3.8, 4) is 11.4 Å². The molecule has 0 unspecified atom stereocenters. The highest BCUT2D eigenvalue weighted by Crippen LogP contribution is 2.16. The summed E-state index contributed by atoms with van der Waals surface area (Å²) in [5, 5.41) is 2.48. The Morgan fingerprint density at radius 2 is 1.81 bits per heavy atom. The second-order valence-electron chi connectivity index (χ2n) is 6.68. The SMILES string of the molecule is CCOC(Cn1c(-c2cccnc2)ncc(NC(=O)OCc2ccccc2)c1=O)OCC. The van der Waals surface area contributed by atoms with E-state index in [1.54, 1.807) is 24.5 Å². The molecule has 3 rings (SSSR count). The van der Waals surface area contributed by atoms with Gasteiger partial charge in [-0.1, -0.05) is 30.3 Å². The van der Waals surface area contributed by atoms with Gasteiger partial charge in [0.25, 0.3) is 5.56 Å². The number of hydrogen-bond acceptors (Lipinski definition) is 7. The van der Waals surface area contributed by atoms with E-state index in [1.165, 1.54) is 10.8 Å². The number of ether oxygens (including phenoxy) is 3. The molecule has 0 aliphatic rings. The van der Waals surface area contributed by atoms with Gasteiger partial charge in [0.1, 0.15) is 18.1 Å². The summed E-state index contributed by atoms with van der Waals surface area (Å²) in [6, 6.07) is 12.8. The second kappa shape index (κ2) is 11.7. The zero-order valence-electron chi connectivity index (χ0n) is 18.1. The molecule has 0 atom stereocenters. The number of amides is 1. The smallest absolute Gasteiger partial charge is 0.412 e. The van der Waals surface area contributed by atoms with Crippen molar-refractivity contribution < 1.29 is 19.0 Å². The van der Waals surface area contributed by atoms with Gasteiger partial charge < -0.3 is 14.2 Å².